The van der Waals surface area contributed by atoms with Crippen LogP contribution in [0.4, 0.5) is 11.4 Å². The minimum Gasteiger partial charge on any atom is -0.325 e. The molecule has 0 aliphatic carbocycles. The maximum Gasteiger partial charge on any atom is 0.250 e. The molecule has 3 aromatic rings. The first-order chi connectivity index (χ1) is 17.0. The second-order valence-corrected chi connectivity index (χ2v) is 10.2. The number of anilines is 2. The number of nitrogens with one attached hydrogen (secondary N) is 2. The quantitative estimate of drug-likeness (QED) is 0.563. The Kier molecular flexibility index (Phi) is 4.05. The van der Waals surface area contributed by atoms with E-state index in [-0.39, 0.29) is 23.6 Å². The highest BCUT2D eigenvalue weighted by atomic mass is 16.2. The molecule has 6 heteroatoms. The molecule has 4 aliphatic heterocycles. The number of carbonyl (C=O) groups excluding carboxylic acids is 3. The fraction of sp³-hybridized carbons (Fsp3) is 0.276. The largest absolute Gasteiger partial charge is 0.325 e. The Bertz CT molecular complexity index is 1430. The minimum atomic E-state index is -1.26. The summed E-state index contributed by atoms with van der Waals surface area (Å²) in [6.45, 7) is 2.65. The number of hydrogen-bond donors (Lipinski definition) is 2. The number of amides is 2. The summed E-state index contributed by atoms with van der Waals surface area (Å²) < 4.78 is 0. The van der Waals surface area contributed by atoms with Crippen molar-refractivity contribution >= 4 is 29.0 Å². The molecule has 0 bridgehead atoms. The molecular formula is C29H25N3O3. The number of Topliss-reactive ketones (excluding diaryl/α,β-unsaturated/α-hetero) is 1. The Morgan fingerprint density at radius 2 is 1.60 bits per heavy atom. The third-order valence-corrected chi connectivity index (χ3v) is 8.60. The molecule has 7 rings (SSSR count). The predicted molar refractivity (Wildman–Crippen MR) is 132 cm³/mol. The Hall–Kier alpha value is -3.77. The van der Waals surface area contributed by atoms with Crippen molar-refractivity contribution in [1.29, 1.82) is 0 Å². The molecule has 2 saturated heterocycles. The molecule has 0 saturated carbocycles. The first-order valence-electron chi connectivity index (χ1n) is 12.2. The lowest BCUT2D eigenvalue weighted by atomic mass is 9.60. The summed E-state index contributed by atoms with van der Waals surface area (Å²) in [5, 5.41) is 6.17. The van der Waals surface area contributed by atoms with E-state index in [0.29, 0.717) is 12.1 Å². The number of rotatable bonds is 2. The topological polar surface area (TPSA) is 78.5 Å². The number of hydrogen-bond acceptors (Lipinski definition) is 4. The molecule has 4 atom stereocenters. The van der Waals surface area contributed by atoms with Crippen LogP contribution in [0.1, 0.15) is 39.9 Å². The maximum absolute atomic E-state index is 14.6. The highest BCUT2D eigenvalue weighted by Gasteiger charge is 2.78. The fourth-order valence-corrected chi connectivity index (χ4v) is 7.43. The van der Waals surface area contributed by atoms with Gasteiger partial charge in [0.25, 0.3) is 0 Å². The van der Waals surface area contributed by atoms with Crippen LogP contribution in [-0.4, -0.2) is 35.1 Å². The summed E-state index contributed by atoms with van der Waals surface area (Å²) in [7, 11) is 0. The van der Waals surface area contributed by atoms with Gasteiger partial charge in [-0.1, -0.05) is 66.2 Å². The summed E-state index contributed by atoms with van der Waals surface area (Å²) in [6, 6.07) is 22.4. The van der Waals surface area contributed by atoms with E-state index in [4.69, 9.17) is 0 Å². The number of ketones is 1. The number of aryl methyl sites for hydroxylation is 1. The van der Waals surface area contributed by atoms with Crippen LogP contribution in [0.3, 0.4) is 0 Å². The minimum absolute atomic E-state index is 0.170. The van der Waals surface area contributed by atoms with Crippen molar-refractivity contribution in [1.82, 2.24) is 4.90 Å². The van der Waals surface area contributed by atoms with Crippen molar-refractivity contribution in [3.8, 4) is 0 Å². The van der Waals surface area contributed by atoms with Crippen LogP contribution in [0.15, 0.2) is 72.8 Å². The lowest BCUT2D eigenvalue weighted by molar-refractivity contribution is -0.128. The Labute approximate surface area is 203 Å². The van der Waals surface area contributed by atoms with Crippen LogP contribution in [0.2, 0.25) is 0 Å². The number of nitrogens with zero attached hydrogens (tertiary/aromatic N) is 1. The predicted octanol–water partition coefficient (Wildman–Crippen LogP) is 4.01. The van der Waals surface area contributed by atoms with E-state index >= 15 is 0 Å². The summed E-state index contributed by atoms with van der Waals surface area (Å²) in [4.78, 5) is 45.1. The first-order valence-corrected chi connectivity index (χ1v) is 12.2. The van der Waals surface area contributed by atoms with E-state index in [9.17, 15) is 14.4 Å². The van der Waals surface area contributed by atoms with Gasteiger partial charge in [-0.15, -0.1) is 0 Å². The molecule has 6 nitrogen and oxygen atoms in total. The third kappa shape index (κ3) is 2.31. The van der Waals surface area contributed by atoms with E-state index < -0.39 is 16.9 Å². The number of para-hydroxylation sites is 1. The van der Waals surface area contributed by atoms with E-state index in [1.807, 2.05) is 67.6 Å². The molecule has 4 heterocycles. The molecule has 0 aromatic heterocycles. The van der Waals surface area contributed by atoms with E-state index in [0.717, 1.165) is 40.9 Å². The van der Waals surface area contributed by atoms with Crippen molar-refractivity contribution in [2.75, 3.05) is 17.2 Å². The average molecular weight is 464 g/mol. The zero-order chi connectivity index (χ0) is 23.9. The summed E-state index contributed by atoms with van der Waals surface area (Å²) in [5.41, 5.74) is 2.19. The zero-order valence-electron chi connectivity index (χ0n) is 19.4. The molecule has 2 amide bonds. The molecular weight excluding hydrogens is 438 g/mol. The van der Waals surface area contributed by atoms with E-state index in [1.165, 1.54) is 0 Å². The standard InChI is InChI=1S/C29H25N3O3/c1-17-13-14-22-20(16-17)29(27(35)31-22)25(24(33)18-8-3-2-4-9-18)28(23-12-7-15-32(23)29)19-10-5-6-11-21(19)30-26(28)34/h2-6,8-11,13-14,16,23,25H,7,12,15H2,1H3,(H,30,34)(H,31,35). The molecule has 2 spiro atoms. The fourth-order valence-electron chi connectivity index (χ4n) is 7.43. The van der Waals surface area contributed by atoms with Gasteiger partial charge in [0.1, 0.15) is 11.0 Å². The van der Waals surface area contributed by atoms with Gasteiger partial charge in [0.2, 0.25) is 11.8 Å². The van der Waals surface area contributed by atoms with Crippen LogP contribution < -0.4 is 10.6 Å². The second-order valence-electron chi connectivity index (χ2n) is 10.2. The highest BCUT2D eigenvalue weighted by Crippen LogP contribution is 2.66. The number of carbonyl (C=O) groups is 3. The van der Waals surface area contributed by atoms with Crippen LogP contribution in [0, 0.1) is 12.8 Å². The monoisotopic (exact) mass is 463 g/mol. The molecule has 174 valence electrons. The van der Waals surface area contributed by atoms with E-state index in [1.54, 1.807) is 12.1 Å². The van der Waals surface area contributed by atoms with Gasteiger partial charge in [-0.3, -0.25) is 19.3 Å². The normalized spacial score (nSPS) is 30.3. The van der Waals surface area contributed by atoms with Gasteiger partial charge in [-0.2, -0.15) is 0 Å². The van der Waals surface area contributed by atoms with Gasteiger partial charge < -0.3 is 10.6 Å². The highest BCUT2D eigenvalue weighted by molar-refractivity contribution is 6.18. The first kappa shape index (κ1) is 20.6. The van der Waals surface area contributed by atoms with Gasteiger partial charge in [-0.25, -0.2) is 0 Å². The molecule has 4 unspecified atom stereocenters. The third-order valence-electron chi connectivity index (χ3n) is 8.60. The summed E-state index contributed by atoms with van der Waals surface area (Å²) in [6.07, 6.45) is 1.61. The van der Waals surface area contributed by atoms with Gasteiger partial charge in [0.05, 0.1) is 5.92 Å². The zero-order valence-corrected chi connectivity index (χ0v) is 19.4. The Morgan fingerprint density at radius 3 is 2.43 bits per heavy atom. The maximum atomic E-state index is 14.6. The molecule has 0 radical (unpaired) electrons. The molecule has 3 aromatic carbocycles. The Morgan fingerprint density at radius 1 is 0.886 bits per heavy atom. The van der Waals surface area contributed by atoms with Crippen molar-refractivity contribution in [3.05, 3.63) is 95.1 Å². The van der Waals surface area contributed by atoms with Crippen LogP contribution >= 0.6 is 0 Å². The summed E-state index contributed by atoms with van der Waals surface area (Å²) in [5.74, 6) is -1.48. The molecule has 2 N–H and O–H groups in total. The van der Waals surface area contributed by atoms with Crippen LogP contribution in [0.5, 0.6) is 0 Å². The van der Waals surface area contributed by atoms with Gasteiger partial charge in [0.15, 0.2) is 5.78 Å². The SMILES string of the molecule is Cc1ccc2c(c1)C1(C(=O)N2)C(C(=O)c2ccccc2)C2(C(=O)Nc3ccccc32)C2CCCN21. The molecule has 2 fully saturated rings. The number of fused-ring (bicyclic) bond motifs is 7. The van der Waals surface area contributed by atoms with Crippen molar-refractivity contribution in [2.45, 2.75) is 36.8 Å². The van der Waals surface area contributed by atoms with Crippen molar-refractivity contribution in [2.24, 2.45) is 5.92 Å². The molecule has 4 aliphatic rings. The van der Waals surface area contributed by atoms with Crippen LogP contribution in [0.25, 0.3) is 0 Å². The van der Waals surface area contributed by atoms with Gasteiger partial charge >= 0.3 is 0 Å². The Balaban J connectivity index is 1.60. The van der Waals surface area contributed by atoms with E-state index in [2.05, 4.69) is 15.5 Å². The van der Waals surface area contributed by atoms with Crippen LogP contribution in [-0.2, 0) is 20.5 Å². The van der Waals surface area contributed by atoms with Crippen molar-refractivity contribution in [3.63, 3.8) is 0 Å². The summed E-state index contributed by atoms with van der Waals surface area (Å²) >= 11 is 0. The van der Waals surface area contributed by atoms with Gasteiger partial charge in [0, 0.05) is 28.5 Å². The second kappa shape index (κ2) is 6.89. The lowest BCUT2D eigenvalue weighted by Gasteiger charge is -2.38. The van der Waals surface area contributed by atoms with Crippen molar-refractivity contribution < 1.29 is 14.4 Å². The smallest absolute Gasteiger partial charge is 0.250 e. The molecule has 35 heavy (non-hydrogen) atoms. The number of benzene rings is 3. The lowest BCUT2D eigenvalue weighted by Crippen LogP contribution is -2.55. The average Bonchev–Trinajstić information content (AvgIpc) is 3.59. The van der Waals surface area contributed by atoms with Gasteiger partial charge in [-0.05, 0) is 44.0 Å².